The fourth-order valence-corrected chi connectivity index (χ4v) is 1.74. The maximum Gasteiger partial charge on any atom is 0.241 e. The molecule has 0 spiro atoms. The molecule has 3 rings (SSSR count). The molecule has 0 atom stereocenters. The third-order valence-corrected chi connectivity index (χ3v) is 2.49. The van der Waals surface area contributed by atoms with E-state index < -0.39 is 0 Å². The number of aliphatic hydroxyl groups is 1. The van der Waals surface area contributed by atoms with Crippen molar-refractivity contribution in [2.75, 3.05) is 0 Å². The molecule has 0 unspecified atom stereocenters. The molecule has 7 nitrogen and oxygen atoms in total. The zero-order valence-electron chi connectivity index (χ0n) is 9.63. The summed E-state index contributed by atoms with van der Waals surface area (Å²) >= 11 is 0. The molecule has 0 aliphatic carbocycles. The summed E-state index contributed by atoms with van der Waals surface area (Å²) in [6, 6.07) is 0. The van der Waals surface area contributed by atoms with Crippen LogP contribution in [0.25, 0.3) is 0 Å². The molecule has 1 N–H and O–H groups in total. The third-order valence-electron chi connectivity index (χ3n) is 2.49. The van der Waals surface area contributed by atoms with Crippen molar-refractivity contribution in [1.29, 1.82) is 0 Å². The fourth-order valence-electron chi connectivity index (χ4n) is 1.74. The van der Waals surface area contributed by atoms with Crippen molar-refractivity contribution in [2.45, 2.75) is 20.8 Å². The molecule has 0 bridgehead atoms. The van der Waals surface area contributed by atoms with Crippen molar-refractivity contribution in [3.05, 3.63) is 11.5 Å². The lowest BCUT2D eigenvalue weighted by Gasteiger charge is -2.31. The first-order chi connectivity index (χ1) is 8.06. The molecule has 0 fully saturated rings. The second-order valence-electron chi connectivity index (χ2n) is 3.85. The predicted octanol–water partition coefficient (Wildman–Crippen LogP) is 1.07. The molecule has 0 aromatic carbocycles. The molecule has 0 aromatic heterocycles. The first-order valence-electron chi connectivity index (χ1n) is 5.13. The topological polar surface area (TPSA) is 85.3 Å². The van der Waals surface area contributed by atoms with Crippen LogP contribution in [-0.4, -0.2) is 39.4 Å². The maximum atomic E-state index is 9.95. The van der Waals surface area contributed by atoms with E-state index in [-0.39, 0.29) is 5.76 Å². The number of rotatable bonds is 0. The van der Waals surface area contributed by atoms with Gasteiger partial charge in [0, 0.05) is 0 Å². The van der Waals surface area contributed by atoms with Gasteiger partial charge in [0.1, 0.15) is 11.7 Å². The number of guanidine groups is 2. The number of nitrogens with zero attached hydrogens (tertiary/aromatic N) is 6. The van der Waals surface area contributed by atoms with Crippen LogP contribution < -0.4 is 0 Å². The zero-order valence-corrected chi connectivity index (χ0v) is 9.63. The summed E-state index contributed by atoms with van der Waals surface area (Å²) in [7, 11) is 0. The molecule has 86 valence electrons. The van der Waals surface area contributed by atoms with E-state index in [0.717, 1.165) is 0 Å². The van der Waals surface area contributed by atoms with Crippen LogP contribution in [0.3, 0.4) is 0 Å². The molecular formula is C10H10N6O. The number of aliphatic imine (C=N–C) groups is 5. The van der Waals surface area contributed by atoms with E-state index >= 15 is 0 Å². The smallest absolute Gasteiger partial charge is 0.241 e. The van der Waals surface area contributed by atoms with Gasteiger partial charge in [-0.05, 0) is 20.8 Å². The Bertz CT molecular complexity index is 604. The summed E-state index contributed by atoms with van der Waals surface area (Å²) < 4.78 is 0. The normalized spacial score (nSPS) is 22.3. The molecule has 17 heavy (non-hydrogen) atoms. The van der Waals surface area contributed by atoms with Crippen LogP contribution in [0.15, 0.2) is 36.4 Å². The molecule has 0 saturated heterocycles. The number of aliphatic hydroxyl groups excluding tert-OH is 1. The van der Waals surface area contributed by atoms with Crippen LogP contribution in [0, 0.1) is 0 Å². The first kappa shape index (κ1) is 9.88. The van der Waals surface area contributed by atoms with Crippen LogP contribution in [0.1, 0.15) is 20.8 Å². The second-order valence-corrected chi connectivity index (χ2v) is 3.85. The molecule has 0 saturated carbocycles. The highest BCUT2D eigenvalue weighted by Gasteiger charge is 2.35. The average Bonchev–Trinajstić information content (AvgIpc) is 2.24. The van der Waals surface area contributed by atoms with Gasteiger partial charge in [0.15, 0.2) is 11.6 Å². The lowest BCUT2D eigenvalue weighted by atomic mass is 10.2. The van der Waals surface area contributed by atoms with Gasteiger partial charge in [0.25, 0.3) is 0 Å². The van der Waals surface area contributed by atoms with Crippen LogP contribution in [0.2, 0.25) is 0 Å². The van der Waals surface area contributed by atoms with Crippen LogP contribution in [0.5, 0.6) is 0 Å². The quantitative estimate of drug-likeness (QED) is 0.674. The highest BCUT2D eigenvalue weighted by atomic mass is 16.3. The van der Waals surface area contributed by atoms with Crippen molar-refractivity contribution in [1.82, 2.24) is 4.90 Å². The molecule has 0 radical (unpaired) electrons. The van der Waals surface area contributed by atoms with Gasteiger partial charge in [0.05, 0.1) is 5.70 Å². The van der Waals surface area contributed by atoms with Gasteiger partial charge in [-0.25, -0.2) is 14.9 Å². The Labute approximate surface area is 97.3 Å². The Balaban J connectivity index is 2.29. The molecule has 7 heteroatoms. The Hall–Kier alpha value is -2.31. The SMILES string of the molecule is CC1=NC2=NC(C)=NC3=NC(C)=C(O)C(=N1)N23. The van der Waals surface area contributed by atoms with E-state index in [1.807, 2.05) is 0 Å². The highest BCUT2D eigenvalue weighted by molar-refractivity contribution is 6.30. The number of hydrogen-bond donors (Lipinski definition) is 1. The fraction of sp³-hybridized carbons (Fsp3) is 0.300. The van der Waals surface area contributed by atoms with Crippen LogP contribution >= 0.6 is 0 Å². The number of amidine groups is 3. The molecular weight excluding hydrogens is 220 g/mol. The average molecular weight is 230 g/mol. The van der Waals surface area contributed by atoms with E-state index in [0.29, 0.717) is 35.1 Å². The summed E-state index contributed by atoms with van der Waals surface area (Å²) in [5.74, 6) is 2.43. The van der Waals surface area contributed by atoms with E-state index in [1.54, 1.807) is 25.7 Å². The van der Waals surface area contributed by atoms with Crippen molar-refractivity contribution in [3.8, 4) is 0 Å². The summed E-state index contributed by atoms with van der Waals surface area (Å²) in [6.07, 6.45) is 0. The number of allylic oxidation sites excluding steroid dienone is 1. The molecule has 3 aliphatic heterocycles. The van der Waals surface area contributed by atoms with Crippen molar-refractivity contribution in [2.24, 2.45) is 25.0 Å². The lowest BCUT2D eigenvalue weighted by Crippen LogP contribution is -2.48. The Morgan fingerprint density at radius 3 is 2.12 bits per heavy atom. The lowest BCUT2D eigenvalue weighted by molar-refractivity contribution is 0.424. The minimum Gasteiger partial charge on any atom is -0.503 e. The third kappa shape index (κ3) is 1.32. The minimum absolute atomic E-state index is 0.0328. The molecule has 3 aliphatic rings. The van der Waals surface area contributed by atoms with Gasteiger partial charge in [-0.3, -0.25) is 0 Å². The van der Waals surface area contributed by atoms with Crippen LogP contribution in [0.4, 0.5) is 0 Å². The van der Waals surface area contributed by atoms with E-state index in [4.69, 9.17) is 0 Å². The van der Waals surface area contributed by atoms with Gasteiger partial charge in [-0.2, -0.15) is 15.0 Å². The van der Waals surface area contributed by atoms with Gasteiger partial charge >= 0.3 is 0 Å². The van der Waals surface area contributed by atoms with E-state index in [1.165, 1.54) is 0 Å². The van der Waals surface area contributed by atoms with Gasteiger partial charge in [-0.1, -0.05) is 0 Å². The Morgan fingerprint density at radius 1 is 0.824 bits per heavy atom. The monoisotopic (exact) mass is 230 g/mol. The van der Waals surface area contributed by atoms with Gasteiger partial charge in [0.2, 0.25) is 11.9 Å². The standard InChI is InChI=1S/C10H10N6O/c1-4-7(17)8-12-5(2)13-10-15-6(3)14-9(11-4)16(8)10/h17H,1-3H3. The molecule has 0 amide bonds. The zero-order chi connectivity index (χ0) is 12.2. The highest BCUT2D eigenvalue weighted by Crippen LogP contribution is 2.22. The molecule has 3 heterocycles. The summed E-state index contributed by atoms with van der Waals surface area (Å²) in [5, 5.41) is 9.95. The van der Waals surface area contributed by atoms with Crippen molar-refractivity contribution in [3.63, 3.8) is 0 Å². The van der Waals surface area contributed by atoms with Gasteiger partial charge < -0.3 is 5.11 Å². The van der Waals surface area contributed by atoms with Gasteiger partial charge in [-0.15, -0.1) is 0 Å². The first-order valence-corrected chi connectivity index (χ1v) is 5.13. The molecule has 0 aromatic rings. The minimum atomic E-state index is 0.0328. The number of hydrogen-bond acceptors (Lipinski definition) is 7. The largest absolute Gasteiger partial charge is 0.503 e. The van der Waals surface area contributed by atoms with Crippen LogP contribution in [-0.2, 0) is 0 Å². The summed E-state index contributed by atoms with van der Waals surface area (Å²) in [5.41, 5.74) is 0.488. The van der Waals surface area contributed by atoms with Crippen molar-refractivity contribution >= 4 is 29.4 Å². The van der Waals surface area contributed by atoms with E-state index in [9.17, 15) is 5.11 Å². The van der Waals surface area contributed by atoms with E-state index in [2.05, 4.69) is 25.0 Å². The predicted molar refractivity (Wildman–Crippen MR) is 65.7 cm³/mol. The Kier molecular flexibility index (Phi) is 1.80. The summed E-state index contributed by atoms with van der Waals surface area (Å²) in [4.78, 5) is 22.6. The Morgan fingerprint density at radius 2 is 1.41 bits per heavy atom. The summed E-state index contributed by atoms with van der Waals surface area (Å²) in [6.45, 7) is 5.23. The maximum absolute atomic E-state index is 9.95. The second kappa shape index (κ2) is 3.09. The van der Waals surface area contributed by atoms with Crippen molar-refractivity contribution < 1.29 is 5.11 Å².